The van der Waals surface area contributed by atoms with E-state index in [0.717, 1.165) is 64.2 Å². The van der Waals surface area contributed by atoms with Gasteiger partial charge in [-0.2, -0.15) is 0 Å². The smallest absolute Gasteiger partial charge is 0.462 e. The molecule has 0 amide bonds. The van der Waals surface area contributed by atoms with Crippen LogP contribution in [0.25, 0.3) is 0 Å². The minimum absolute atomic E-state index is 0.0709. The number of phosphoric acid groups is 1. The molecule has 1 fully saturated rings. The van der Waals surface area contributed by atoms with Crippen LogP contribution in [0.4, 0.5) is 0 Å². The number of esters is 2. The Morgan fingerprint density at radius 2 is 1.29 bits per heavy atom. The summed E-state index contributed by atoms with van der Waals surface area (Å²) in [6, 6.07) is 0. The van der Waals surface area contributed by atoms with E-state index in [0.29, 0.717) is 38.5 Å². The van der Waals surface area contributed by atoms with E-state index >= 15 is 0 Å². The largest absolute Gasteiger partial charge is 0.469 e. The lowest BCUT2D eigenvalue weighted by molar-refractivity contribution is -0.161. The van der Waals surface area contributed by atoms with Crippen molar-refractivity contribution in [3.8, 4) is 0 Å². The monoisotopic (exact) mass is 796 g/mol. The molecule has 11 nitrogen and oxygen atoms in total. The molecule has 55 heavy (non-hydrogen) atoms. The third-order valence-electron chi connectivity index (χ3n) is 9.61. The number of aliphatic hydroxyl groups excluding tert-OH is 3. The molecule has 0 heterocycles. The second kappa shape index (κ2) is 32.7. The molecule has 0 unspecified atom stereocenters. The fraction of sp³-hybridized carbons (Fsp3) is 0.721. The fourth-order valence-corrected chi connectivity index (χ4v) is 6.82. The van der Waals surface area contributed by atoms with Crippen molar-refractivity contribution < 1.29 is 53.3 Å². The Hall–Kier alpha value is -2.37. The molecule has 5 N–H and O–H groups in total. The maximum absolute atomic E-state index is 12.5. The number of unbranched alkanes of at least 4 members (excludes halogenated alkanes) is 9. The first kappa shape index (κ1) is 50.6. The Morgan fingerprint density at radius 3 is 1.93 bits per heavy atom. The fourth-order valence-electron chi connectivity index (χ4n) is 6.46. The standard InChI is InChI=1S/C43H73O11P/c1-3-5-7-8-9-10-11-12-13-14-15-16-17-18-19-20-25-29-42(47)52-34-37(35-53-55(49,50)51)54-43(48)30-26-22-21-24-28-38-39(41(46)33-40(38)45)32-31-36(44)27-23-6-4-2/h9-10,12-13,15-16,18-19,31-32,36-41,44-46H,3-8,11,14,17,20-30,33-35H2,1-2H3,(H2,49,50,51)/b10-9-,13-12-,16-15-,19-18-,32-31+/t36-,37+,38+,39+,40-,41+/m0/s1. The van der Waals surface area contributed by atoms with Crippen LogP contribution in [0.3, 0.4) is 0 Å². The summed E-state index contributed by atoms with van der Waals surface area (Å²) < 4.78 is 26.3. The first-order valence-corrected chi connectivity index (χ1v) is 22.4. The molecular weight excluding hydrogens is 723 g/mol. The summed E-state index contributed by atoms with van der Waals surface area (Å²) in [6.45, 7) is 3.32. The quantitative estimate of drug-likeness (QED) is 0.0185. The normalized spacial score (nSPS) is 20.5. The summed E-state index contributed by atoms with van der Waals surface area (Å²) in [5, 5.41) is 31.3. The van der Waals surface area contributed by atoms with E-state index in [-0.39, 0.29) is 31.3 Å². The van der Waals surface area contributed by atoms with Crippen molar-refractivity contribution >= 4 is 19.8 Å². The molecule has 1 aliphatic rings. The molecular formula is C43H73O11P. The molecule has 0 aromatic carbocycles. The highest BCUT2D eigenvalue weighted by Gasteiger charge is 2.39. The van der Waals surface area contributed by atoms with Gasteiger partial charge in [-0.1, -0.05) is 126 Å². The maximum Gasteiger partial charge on any atom is 0.469 e. The van der Waals surface area contributed by atoms with Gasteiger partial charge in [0.25, 0.3) is 0 Å². The second-order valence-corrected chi connectivity index (χ2v) is 15.8. The Bertz CT molecular complexity index is 1190. The Kier molecular flexibility index (Phi) is 30.1. The third-order valence-corrected chi connectivity index (χ3v) is 10.1. The van der Waals surface area contributed by atoms with Crippen LogP contribution >= 0.6 is 7.82 Å². The van der Waals surface area contributed by atoms with E-state index in [1.165, 1.54) is 19.3 Å². The number of carbonyl (C=O) groups is 2. The highest BCUT2D eigenvalue weighted by molar-refractivity contribution is 7.46. The van der Waals surface area contributed by atoms with E-state index in [1.807, 2.05) is 18.2 Å². The number of phosphoric ester groups is 1. The lowest BCUT2D eigenvalue weighted by atomic mass is 9.88. The molecule has 316 valence electrons. The van der Waals surface area contributed by atoms with E-state index in [1.54, 1.807) is 6.08 Å². The van der Waals surface area contributed by atoms with Crippen LogP contribution in [0.2, 0.25) is 0 Å². The van der Waals surface area contributed by atoms with Crippen LogP contribution in [-0.4, -0.2) is 74.7 Å². The van der Waals surface area contributed by atoms with Crippen LogP contribution in [-0.2, 0) is 28.2 Å². The van der Waals surface area contributed by atoms with Gasteiger partial charge in [-0.3, -0.25) is 14.1 Å². The molecule has 0 aromatic rings. The molecule has 0 radical (unpaired) electrons. The molecule has 0 aromatic heterocycles. The highest BCUT2D eigenvalue weighted by Crippen LogP contribution is 2.38. The zero-order valence-corrected chi connectivity index (χ0v) is 34.5. The van der Waals surface area contributed by atoms with Crippen molar-refractivity contribution in [2.24, 2.45) is 11.8 Å². The topological polar surface area (TPSA) is 180 Å². The van der Waals surface area contributed by atoms with E-state index < -0.39 is 50.8 Å². The van der Waals surface area contributed by atoms with Crippen LogP contribution < -0.4 is 0 Å². The zero-order chi connectivity index (χ0) is 40.6. The van der Waals surface area contributed by atoms with Gasteiger partial charge in [0, 0.05) is 25.2 Å². The molecule has 0 saturated heterocycles. The van der Waals surface area contributed by atoms with Crippen molar-refractivity contribution in [3.63, 3.8) is 0 Å². The summed E-state index contributed by atoms with van der Waals surface area (Å²) in [5.41, 5.74) is 0. The predicted molar refractivity (Wildman–Crippen MR) is 218 cm³/mol. The first-order valence-electron chi connectivity index (χ1n) is 20.8. The maximum atomic E-state index is 12.5. The summed E-state index contributed by atoms with van der Waals surface area (Å²) in [4.78, 5) is 43.0. The Labute approximate surface area is 331 Å². The molecule has 0 bridgehead atoms. The summed E-state index contributed by atoms with van der Waals surface area (Å²) in [7, 11) is -4.83. The minimum atomic E-state index is -4.83. The van der Waals surface area contributed by atoms with Gasteiger partial charge >= 0.3 is 19.8 Å². The highest BCUT2D eigenvalue weighted by atomic mass is 31.2. The van der Waals surface area contributed by atoms with Crippen molar-refractivity contribution in [2.45, 2.75) is 173 Å². The second-order valence-electron chi connectivity index (χ2n) is 14.6. The third kappa shape index (κ3) is 28.6. The lowest BCUT2D eigenvalue weighted by Gasteiger charge is -2.21. The Balaban J connectivity index is 2.32. The molecule has 12 heteroatoms. The van der Waals surface area contributed by atoms with Crippen molar-refractivity contribution in [3.05, 3.63) is 60.8 Å². The summed E-state index contributed by atoms with van der Waals surface area (Å²) in [5.74, 6) is -1.41. The molecule has 1 aliphatic carbocycles. The van der Waals surface area contributed by atoms with Crippen LogP contribution in [0, 0.1) is 11.8 Å². The van der Waals surface area contributed by atoms with Gasteiger partial charge in [0.05, 0.1) is 24.9 Å². The number of hydrogen-bond acceptors (Lipinski definition) is 9. The van der Waals surface area contributed by atoms with Gasteiger partial charge in [-0.15, -0.1) is 0 Å². The van der Waals surface area contributed by atoms with Gasteiger partial charge in [-0.25, -0.2) is 4.57 Å². The average molecular weight is 797 g/mol. The number of rotatable bonds is 33. The minimum Gasteiger partial charge on any atom is -0.462 e. The van der Waals surface area contributed by atoms with E-state index in [4.69, 9.17) is 19.3 Å². The van der Waals surface area contributed by atoms with Crippen LogP contribution in [0.5, 0.6) is 0 Å². The molecule has 6 atom stereocenters. The SMILES string of the molecule is CCCCC/C=C\C/C=C\C/C=C\C/C=C\CCCC(=O)OC[C@H](COP(=O)(O)O)OC(=O)CCCCCC[C@@H]1[C@@H](/C=C/[C@@H](O)CCCCC)[C@H](O)C[C@@H]1O. The first-order chi connectivity index (χ1) is 26.5. The van der Waals surface area contributed by atoms with Gasteiger partial charge in [0.15, 0.2) is 6.10 Å². The molecule has 0 aliphatic heterocycles. The molecule has 0 spiro atoms. The number of ether oxygens (including phenoxy) is 2. The number of carbonyl (C=O) groups excluding carboxylic acids is 2. The van der Waals surface area contributed by atoms with Crippen LogP contribution in [0.1, 0.15) is 149 Å². The summed E-state index contributed by atoms with van der Waals surface area (Å²) >= 11 is 0. The predicted octanol–water partition coefficient (Wildman–Crippen LogP) is 8.89. The Morgan fingerprint density at radius 1 is 0.709 bits per heavy atom. The van der Waals surface area contributed by atoms with E-state index in [2.05, 4.69) is 54.8 Å². The number of aliphatic hydroxyl groups is 3. The van der Waals surface area contributed by atoms with Crippen molar-refractivity contribution in [2.75, 3.05) is 13.2 Å². The van der Waals surface area contributed by atoms with Gasteiger partial charge < -0.3 is 34.6 Å². The number of allylic oxidation sites excluding steroid dienone is 8. The molecule has 1 rings (SSSR count). The molecule has 1 saturated carbocycles. The number of hydrogen-bond donors (Lipinski definition) is 5. The van der Waals surface area contributed by atoms with Crippen molar-refractivity contribution in [1.82, 2.24) is 0 Å². The summed E-state index contributed by atoms with van der Waals surface area (Å²) in [6.07, 6.45) is 34.4. The van der Waals surface area contributed by atoms with Crippen molar-refractivity contribution in [1.29, 1.82) is 0 Å². The average Bonchev–Trinajstić information content (AvgIpc) is 3.41. The lowest BCUT2D eigenvalue weighted by Crippen LogP contribution is -2.29. The van der Waals surface area contributed by atoms with Gasteiger partial charge in [0.1, 0.15) is 6.61 Å². The van der Waals surface area contributed by atoms with Gasteiger partial charge in [-0.05, 0) is 70.1 Å². The van der Waals surface area contributed by atoms with Crippen LogP contribution in [0.15, 0.2) is 60.8 Å². The van der Waals surface area contributed by atoms with Gasteiger partial charge in [0.2, 0.25) is 0 Å². The zero-order valence-electron chi connectivity index (χ0n) is 33.6. The van der Waals surface area contributed by atoms with E-state index in [9.17, 15) is 29.5 Å².